The number of carbonyl (C=O) groups excluding carboxylic acids is 1. The molecule has 1 saturated heterocycles. The van der Waals surface area contributed by atoms with Crippen molar-refractivity contribution in [2.45, 2.75) is 25.7 Å². The molecule has 1 aromatic rings. The Morgan fingerprint density at radius 2 is 1.93 bits per heavy atom. The summed E-state index contributed by atoms with van der Waals surface area (Å²) in [6.45, 7) is 3.79. The molecule has 0 atom stereocenters. The second-order valence-electron chi connectivity index (χ2n) is 4.17. The minimum Gasteiger partial charge on any atom is -0.317 e. The molecule has 0 saturated carbocycles. The molecule has 1 aromatic carbocycles. The summed E-state index contributed by atoms with van der Waals surface area (Å²) in [7, 11) is 0. The molecule has 2 heteroatoms. The van der Waals surface area contributed by atoms with Gasteiger partial charge >= 0.3 is 0 Å². The standard InChI is InChI=1S/C13H17NO/c1-10(15)12-4-2-3-5-13(12)11-6-8-14-9-7-11/h2-5,11,14H,6-9H2,1H3. The van der Waals surface area contributed by atoms with Gasteiger partial charge in [-0.3, -0.25) is 4.79 Å². The van der Waals surface area contributed by atoms with E-state index in [1.165, 1.54) is 5.56 Å². The zero-order valence-electron chi connectivity index (χ0n) is 9.12. The van der Waals surface area contributed by atoms with Crippen LogP contribution in [-0.2, 0) is 0 Å². The molecule has 80 valence electrons. The Balaban J connectivity index is 2.29. The van der Waals surface area contributed by atoms with Gasteiger partial charge in [-0.05, 0) is 44.3 Å². The van der Waals surface area contributed by atoms with Gasteiger partial charge in [0.2, 0.25) is 0 Å². The van der Waals surface area contributed by atoms with E-state index in [-0.39, 0.29) is 5.78 Å². The Morgan fingerprint density at radius 3 is 2.60 bits per heavy atom. The van der Waals surface area contributed by atoms with Crippen LogP contribution in [0.15, 0.2) is 24.3 Å². The molecule has 0 spiro atoms. The number of ketones is 1. The lowest BCUT2D eigenvalue weighted by Gasteiger charge is -2.24. The number of nitrogens with one attached hydrogen (secondary N) is 1. The second kappa shape index (κ2) is 4.58. The van der Waals surface area contributed by atoms with Crippen molar-refractivity contribution >= 4 is 5.78 Å². The lowest BCUT2D eigenvalue weighted by molar-refractivity contribution is 0.101. The molecule has 0 bridgehead atoms. The lowest BCUT2D eigenvalue weighted by atomic mass is 9.86. The van der Waals surface area contributed by atoms with E-state index in [1.54, 1.807) is 6.92 Å². The smallest absolute Gasteiger partial charge is 0.160 e. The quantitative estimate of drug-likeness (QED) is 0.748. The van der Waals surface area contributed by atoms with Crippen molar-refractivity contribution in [2.75, 3.05) is 13.1 Å². The monoisotopic (exact) mass is 203 g/mol. The number of piperidine rings is 1. The van der Waals surface area contributed by atoms with Gasteiger partial charge in [0.25, 0.3) is 0 Å². The van der Waals surface area contributed by atoms with Crippen LogP contribution in [0.1, 0.15) is 41.6 Å². The van der Waals surface area contributed by atoms with Gasteiger partial charge in [-0.25, -0.2) is 0 Å². The molecule has 2 nitrogen and oxygen atoms in total. The predicted molar refractivity (Wildman–Crippen MR) is 61.3 cm³/mol. The Morgan fingerprint density at radius 1 is 1.27 bits per heavy atom. The maximum absolute atomic E-state index is 11.5. The molecule has 1 aliphatic rings. The highest BCUT2D eigenvalue weighted by molar-refractivity contribution is 5.95. The number of rotatable bonds is 2. The molecule has 1 fully saturated rings. The molecular formula is C13H17NO. The number of hydrogen-bond donors (Lipinski definition) is 1. The number of hydrogen-bond acceptors (Lipinski definition) is 2. The van der Waals surface area contributed by atoms with Gasteiger partial charge in [0.15, 0.2) is 5.78 Å². The Labute approximate surface area is 90.7 Å². The fourth-order valence-corrected chi connectivity index (χ4v) is 2.31. The lowest BCUT2D eigenvalue weighted by Crippen LogP contribution is -2.27. The number of benzene rings is 1. The molecule has 0 radical (unpaired) electrons. The van der Waals surface area contributed by atoms with Crippen LogP contribution in [0.5, 0.6) is 0 Å². The molecule has 15 heavy (non-hydrogen) atoms. The first-order chi connectivity index (χ1) is 7.29. The highest BCUT2D eigenvalue weighted by Crippen LogP contribution is 2.28. The first-order valence-corrected chi connectivity index (χ1v) is 5.59. The molecule has 0 unspecified atom stereocenters. The molecule has 0 aromatic heterocycles. The largest absolute Gasteiger partial charge is 0.317 e. The molecule has 0 aliphatic carbocycles. The third-order valence-corrected chi connectivity index (χ3v) is 3.12. The van der Waals surface area contributed by atoms with Crippen LogP contribution in [-0.4, -0.2) is 18.9 Å². The topological polar surface area (TPSA) is 29.1 Å². The normalized spacial score (nSPS) is 17.7. The molecule has 1 N–H and O–H groups in total. The highest BCUT2D eigenvalue weighted by Gasteiger charge is 2.18. The van der Waals surface area contributed by atoms with Crippen molar-refractivity contribution in [3.8, 4) is 0 Å². The summed E-state index contributed by atoms with van der Waals surface area (Å²) in [6, 6.07) is 8.03. The van der Waals surface area contributed by atoms with Crippen LogP contribution < -0.4 is 5.32 Å². The summed E-state index contributed by atoms with van der Waals surface area (Å²) in [6.07, 6.45) is 2.29. The zero-order valence-corrected chi connectivity index (χ0v) is 9.12. The van der Waals surface area contributed by atoms with Gasteiger partial charge in [-0.15, -0.1) is 0 Å². The third kappa shape index (κ3) is 2.26. The number of Topliss-reactive ketones (excluding diaryl/α,β-unsaturated/α-hetero) is 1. The zero-order chi connectivity index (χ0) is 10.7. The van der Waals surface area contributed by atoms with Gasteiger partial charge in [0, 0.05) is 5.56 Å². The average molecular weight is 203 g/mol. The van der Waals surface area contributed by atoms with E-state index in [1.807, 2.05) is 18.2 Å². The van der Waals surface area contributed by atoms with Crippen LogP contribution in [0.2, 0.25) is 0 Å². The Kier molecular flexibility index (Phi) is 3.17. The molecule has 1 heterocycles. The van der Waals surface area contributed by atoms with Crippen molar-refractivity contribution in [1.29, 1.82) is 0 Å². The predicted octanol–water partition coefficient (Wildman–Crippen LogP) is 2.36. The molecule has 2 rings (SSSR count). The van der Waals surface area contributed by atoms with E-state index in [2.05, 4.69) is 11.4 Å². The second-order valence-corrected chi connectivity index (χ2v) is 4.17. The van der Waals surface area contributed by atoms with Crippen molar-refractivity contribution in [3.05, 3.63) is 35.4 Å². The van der Waals surface area contributed by atoms with Crippen molar-refractivity contribution < 1.29 is 4.79 Å². The van der Waals surface area contributed by atoms with Gasteiger partial charge in [0.05, 0.1) is 0 Å². The first-order valence-electron chi connectivity index (χ1n) is 5.59. The highest BCUT2D eigenvalue weighted by atomic mass is 16.1. The van der Waals surface area contributed by atoms with Crippen molar-refractivity contribution in [1.82, 2.24) is 5.32 Å². The fourth-order valence-electron chi connectivity index (χ4n) is 2.31. The van der Waals surface area contributed by atoms with Crippen LogP contribution in [0.4, 0.5) is 0 Å². The van der Waals surface area contributed by atoms with E-state index < -0.39 is 0 Å². The molecule has 0 amide bonds. The van der Waals surface area contributed by atoms with E-state index >= 15 is 0 Å². The van der Waals surface area contributed by atoms with Crippen molar-refractivity contribution in [3.63, 3.8) is 0 Å². The molecule has 1 aliphatic heterocycles. The fraction of sp³-hybridized carbons (Fsp3) is 0.462. The minimum atomic E-state index is 0.184. The maximum atomic E-state index is 11.5. The van der Waals surface area contributed by atoms with Crippen LogP contribution in [0, 0.1) is 0 Å². The van der Waals surface area contributed by atoms with E-state index in [9.17, 15) is 4.79 Å². The van der Waals surface area contributed by atoms with E-state index in [4.69, 9.17) is 0 Å². The third-order valence-electron chi connectivity index (χ3n) is 3.12. The maximum Gasteiger partial charge on any atom is 0.160 e. The van der Waals surface area contributed by atoms with Gasteiger partial charge in [0.1, 0.15) is 0 Å². The molecular weight excluding hydrogens is 186 g/mol. The van der Waals surface area contributed by atoms with E-state index in [0.29, 0.717) is 5.92 Å². The minimum absolute atomic E-state index is 0.184. The van der Waals surface area contributed by atoms with Crippen LogP contribution in [0.25, 0.3) is 0 Å². The SMILES string of the molecule is CC(=O)c1ccccc1C1CCNCC1. The average Bonchev–Trinajstić information content (AvgIpc) is 2.30. The first kappa shape index (κ1) is 10.4. The van der Waals surface area contributed by atoms with Gasteiger partial charge in [-0.1, -0.05) is 24.3 Å². The summed E-state index contributed by atoms with van der Waals surface area (Å²) in [4.78, 5) is 11.5. The van der Waals surface area contributed by atoms with Gasteiger partial charge in [-0.2, -0.15) is 0 Å². The summed E-state index contributed by atoms with van der Waals surface area (Å²) in [5.41, 5.74) is 2.15. The summed E-state index contributed by atoms with van der Waals surface area (Å²) in [5.74, 6) is 0.746. The van der Waals surface area contributed by atoms with Crippen LogP contribution in [0.3, 0.4) is 0 Å². The van der Waals surface area contributed by atoms with Gasteiger partial charge < -0.3 is 5.32 Å². The van der Waals surface area contributed by atoms with Crippen LogP contribution >= 0.6 is 0 Å². The number of carbonyl (C=O) groups is 1. The summed E-state index contributed by atoms with van der Waals surface area (Å²) in [5, 5.41) is 3.35. The van der Waals surface area contributed by atoms with Crippen molar-refractivity contribution in [2.24, 2.45) is 0 Å². The summed E-state index contributed by atoms with van der Waals surface area (Å²) >= 11 is 0. The Hall–Kier alpha value is -1.15. The van der Waals surface area contributed by atoms with E-state index in [0.717, 1.165) is 31.5 Å². The summed E-state index contributed by atoms with van der Waals surface area (Å²) < 4.78 is 0. The Bertz CT molecular complexity index is 353.